The molecule has 1 aliphatic heterocycles. The van der Waals surface area contributed by atoms with E-state index in [1.165, 1.54) is 5.56 Å². The number of Topliss-reactive ketones (excluding diaryl/α,β-unsaturated/α-hetero) is 1. The quantitative estimate of drug-likeness (QED) is 0.786. The first kappa shape index (κ1) is 10.6. The minimum Gasteiger partial charge on any atom is -0.486 e. The van der Waals surface area contributed by atoms with Gasteiger partial charge < -0.3 is 9.47 Å². The van der Waals surface area contributed by atoms with Crippen LogP contribution in [0.4, 0.5) is 0 Å². The maximum absolute atomic E-state index is 11.5. The lowest BCUT2D eigenvalue weighted by atomic mass is 9.68. The van der Waals surface area contributed by atoms with Crippen molar-refractivity contribution in [3.8, 4) is 11.5 Å². The van der Waals surface area contributed by atoms with Gasteiger partial charge in [-0.25, -0.2) is 0 Å². The van der Waals surface area contributed by atoms with Gasteiger partial charge >= 0.3 is 0 Å². The van der Waals surface area contributed by atoms with Crippen molar-refractivity contribution in [3.05, 3.63) is 23.8 Å². The topological polar surface area (TPSA) is 35.5 Å². The Morgan fingerprint density at radius 2 is 2.00 bits per heavy atom. The summed E-state index contributed by atoms with van der Waals surface area (Å²) in [5, 5.41) is 0. The molecule has 2 aliphatic rings. The van der Waals surface area contributed by atoms with Crippen LogP contribution in [0.15, 0.2) is 18.2 Å². The standard InChI is InChI=1S/C14H16O3/c1-2-10-11(8-12(10)15)9-3-4-13-14(7-9)17-6-5-16-13/h3-4,7,10-11H,2,5-6,8H2,1H3. The molecule has 90 valence electrons. The molecular weight excluding hydrogens is 216 g/mol. The van der Waals surface area contributed by atoms with Gasteiger partial charge in [0.2, 0.25) is 0 Å². The van der Waals surface area contributed by atoms with E-state index in [4.69, 9.17) is 9.47 Å². The molecule has 1 saturated carbocycles. The zero-order valence-electron chi connectivity index (χ0n) is 9.94. The maximum Gasteiger partial charge on any atom is 0.161 e. The number of carbonyl (C=O) groups excluding carboxylic acids is 1. The molecule has 2 unspecified atom stereocenters. The summed E-state index contributed by atoms with van der Waals surface area (Å²) >= 11 is 0. The van der Waals surface area contributed by atoms with Crippen molar-refractivity contribution < 1.29 is 14.3 Å². The number of rotatable bonds is 2. The molecule has 1 aliphatic carbocycles. The van der Waals surface area contributed by atoms with Crippen molar-refractivity contribution >= 4 is 5.78 Å². The normalized spacial score (nSPS) is 26.5. The van der Waals surface area contributed by atoms with Crippen LogP contribution in [0.25, 0.3) is 0 Å². The van der Waals surface area contributed by atoms with Crippen molar-refractivity contribution in [2.24, 2.45) is 5.92 Å². The van der Waals surface area contributed by atoms with Crippen molar-refractivity contribution in [2.45, 2.75) is 25.7 Å². The van der Waals surface area contributed by atoms with Gasteiger partial charge in [-0.3, -0.25) is 4.79 Å². The van der Waals surface area contributed by atoms with Gasteiger partial charge in [-0.2, -0.15) is 0 Å². The zero-order chi connectivity index (χ0) is 11.8. The van der Waals surface area contributed by atoms with E-state index < -0.39 is 0 Å². The summed E-state index contributed by atoms with van der Waals surface area (Å²) in [6.45, 7) is 3.30. The van der Waals surface area contributed by atoms with E-state index in [2.05, 4.69) is 13.0 Å². The second-order valence-electron chi connectivity index (χ2n) is 4.69. The first-order valence-electron chi connectivity index (χ1n) is 6.22. The lowest BCUT2D eigenvalue weighted by molar-refractivity contribution is -0.131. The molecule has 0 aromatic heterocycles. The summed E-state index contributed by atoms with van der Waals surface area (Å²) in [6, 6.07) is 6.06. The molecule has 0 bridgehead atoms. The molecule has 1 heterocycles. The van der Waals surface area contributed by atoms with E-state index in [0.717, 1.165) is 17.9 Å². The first-order chi connectivity index (χ1) is 8.29. The van der Waals surface area contributed by atoms with Gasteiger partial charge in [0.25, 0.3) is 0 Å². The van der Waals surface area contributed by atoms with E-state index in [9.17, 15) is 4.79 Å². The van der Waals surface area contributed by atoms with E-state index in [1.807, 2.05) is 12.1 Å². The number of ether oxygens (including phenoxy) is 2. The molecule has 3 rings (SSSR count). The van der Waals surface area contributed by atoms with Crippen LogP contribution in [0.2, 0.25) is 0 Å². The molecular formula is C14H16O3. The Balaban J connectivity index is 1.87. The van der Waals surface area contributed by atoms with Gasteiger partial charge in [0.1, 0.15) is 19.0 Å². The average Bonchev–Trinajstić information content (AvgIpc) is 2.36. The Bertz CT molecular complexity index is 453. The number of ketones is 1. The molecule has 0 radical (unpaired) electrons. The third kappa shape index (κ3) is 1.70. The monoisotopic (exact) mass is 232 g/mol. The van der Waals surface area contributed by atoms with E-state index in [0.29, 0.717) is 31.3 Å². The van der Waals surface area contributed by atoms with Gasteiger partial charge in [-0.15, -0.1) is 0 Å². The highest BCUT2D eigenvalue weighted by atomic mass is 16.6. The Morgan fingerprint density at radius 1 is 1.24 bits per heavy atom. The highest BCUT2D eigenvalue weighted by molar-refractivity contribution is 5.89. The Kier molecular flexibility index (Phi) is 2.54. The van der Waals surface area contributed by atoms with Crippen LogP contribution < -0.4 is 9.47 Å². The molecule has 1 fully saturated rings. The lowest BCUT2D eigenvalue weighted by Crippen LogP contribution is -2.34. The minimum absolute atomic E-state index is 0.206. The van der Waals surface area contributed by atoms with Gasteiger partial charge in [-0.05, 0) is 24.1 Å². The molecule has 0 amide bonds. The summed E-state index contributed by atoms with van der Waals surface area (Å²) in [5.74, 6) is 2.62. The third-order valence-corrected chi connectivity index (χ3v) is 3.75. The van der Waals surface area contributed by atoms with Crippen LogP contribution in [-0.4, -0.2) is 19.0 Å². The molecule has 1 aromatic rings. The molecule has 3 heteroatoms. The second kappa shape index (κ2) is 4.06. The Hall–Kier alpha value is -1.51. The SMILES string of the molecule is CCC1C(=O)CC1c1ccc2c(c1)OCCO2. The van der Waals surface area contributed by atoms with Crippen LogP contribution in [0.1, 0.15) is 31.2 Å². The Morgan fingerprint density at radius 3 is 2.71 bits per heavy atom. The van der Waals surface area contributed by atoms with Gasteiger partial charge in [-0.1, -0.05) is 13.0 Å². The van der Waals surface area contributed by atoms with Crippen LogP contribution in [-0.2, 0) is 4.79 Å². The van der Waals surface area contributed by atoms with E-state index in [-0.39, 0.29) is 5.92 Å². The van der Waals surface area contributed by atoms with Gasteiger partial charge in [0.15, 0.2) is 11.5 Å². The lowest BCUT2D eigenvalue weighted by Gasteiger charge is -2.35. The molecule has 2 atom stereocenters. The number of carbonyl (C=O) groups is 1. The molecule has 0 saturated heterocycles. The van der Waals surface area contributed by atoms with Crippen LogP contribution in [0.3, 0.4) is 0 Å². The van der Waals surface area contributed by atoms with Crippen LogP contribution in [0.5, 0.6) is 11.5 Å². The first-order valence-corrected chi connectivity index (χ1v) is 6.22. The molecule has 0 N–H and O–H groups in total. The summed E-state index contributed by atoms with van der Waals surface area (Å²) in [7, 11) is 0. The number of hydrogen-bond donors (Lipinski definition) is 0. The van der Waals surface area contributed by atoms with E-state index >= 15 is 0 Å². The molecule has 3 nitrogen and oxygen atoms in total. The fourth-order valence-electron chi connectivity index (χ4n) is 2.73. The molecule has 0 spiro atoms. The third-order valence-electron chi connectivity index (χ3n) is 3.75. The van der Waals surface area contributed by atoms with Crippen molar-refractivity contribution in [3.63, 3.8) is 0 Å². The highest BCUT2D eigenvalue weighted by Gasteiger charge is 2.39. The fourth-order valence-corrected chi connectivity index (χ4v) is 2.73. The van der Waals surface area contributed by atoms with E-state index in [1.54, 1.807) is 0 Å². The highest BCUT2D eigenvalue weighted by Crippen LogP contribution is 2.44. The predicted octanol–water partition coefficient (Wildman–Crippen LogP) is 2.54. The molecule has 17 heavy (non-hydrogen) atoms. The number of benzene rings is 1. The smallest absolute Gasteiger partial charge is 0.161 e. The zero-order valence-corrected chi connectivity index (χ0v) is 9.94. The second-order valence-corrected chi connectivity index (χ2v) is 4.69. The van der Waals surface area contributed by atoms with Crippen molar-refractivity contribution in [1.29, 1.82) is 0 Å². The van der Waals surface area contributed by atoms with Gasteiger partial charge in [0, 0.05) is 18.3 Å². The van der Waals surface area contributed by atoms with Gasteiger partial charge in [0.05, 0.1) is 0 Å². The largest absolute Gasteiger partial charge is 0.486 e. The number of fused-ring (bicyclic) bond motifs is 1. The maximum atomic E-state index is 11.5. The summed E-state index contributed by atoms with van der Waals surface area (Å²) in [4.78, 5) is 11.5. The summed E-state index contributed by atoms with van der Waals surface area (Å²) in [6.07, 6.45) is 1.61. The Labute approximate surface area is 101 Å². The fraction of sp³-hybridized carbons (Fsp3) is 0.500. The minimum atomic E-state index is 0.206. The predicted molar refractivity (Wildman–Crippen MR) is 63.6 cm³/mol. The summed E-state index contributed by atoms with van der Waals surface area (Å²) < 4.78 is 11.1. The van der Waals surface area contributed by atoms with Crippen LogP contribution in [0, 0.1) is 5.92 Å². The van der Waals surface area contributed by atoms with Crippen molar-refractivity contribution in [1.82, 2.24) is 0 Å². The molecule has 1 aromatic carbocycles. The summed E-state index contributed by atoms with van der Waals surface area (Å²) in [5.41, 5.74) is 1.21. The van der Waals surface area contributed by atoms with Crippen LogP contribution >= 0.6 is 0 Å². The number of hydrogen-bond acceptors (Lipinski definition) is 3. The van der Waals surface area contributed by atoms with Crippen molar-refractivity contribution in [2.75, 3.05) is 13.2 Å². The average molecular weight is 232 g/mol.